The van der Waals surface area contributed by atoms with E-state index in [4.69, 9.17) is 0 Å². The van der Waals surface area contributed by atoms with Crippen LogP contribution in [0.15, 0.2) is 11.4 Å². The van der Waals surface area contributed by atoms with Crippen molar-refractivity contribution in [1.82, 2.24) is 0 Å². The van der Waals surface area contributed by atoms with E-state index in [9.17, 15) is 0 Å². The van der Waals surface area contributed by atoms with E-state index >= 15 is 0 Å². The number of hydrogen-bond acceptors (Lipinski definition) is 1. The first-order valence-corrected chi connectivity index (χ1v) is 6.34. The number of thiophene rings is 1. The van der Waals surface area contributed by atoms with Gasteiger partial charge in [0, 0.05) is 10.2 Å². The van der Waals surface area contributed by atoms with Crippen LogP contribution in [0.4, 0.5) is 0 Å². The summed E-state index contributed by atoms with van der Waals surface area (Å²) in [7, 11) is 0. The Morgan fingerprint density at radius 3 is 2.75 bits per heavy atom. The van der Waals surface area contributed by atoms with Gasteiger partial charge in [0.15, 0.2) is 0 Å². The molecule has 0 aliphatic heterocycles. The van der Waals surface area contributed by atoms with Crippen LogP contribution in [0.25, 0.3) is 0 Å². The molecule has 0 aromatic carbocycles. The lowest BCUT2D eigenvalue weighted by Crippen LogP contribution is -2.05. The first kappa shape index (κ1) is 8.76. The van der Waals surface area contributed by atoms with Gasteiger partial charge < -0.3 is 0 Å². The third kappa shape index (κ3) is 1.74. The van der Waals surface area contributed by atoms with Crippen LogP contribution in [0, 0.1) is 12.3 Å². The Hall–Kier alpha value is 0.180. The average Bonchev–Trinajstić information content (AvgIpc) is 2.71. The van der Waals surface area contributed by atoms with E-state index in [0.29, 0.717) is 5.41 Å². The Morgan fingerprint density at radius 1 is 1.58 bits per heavy atom. The van der Waals surface area contributed by atoms with Gasteiger partial charge >= 0.3 is 0 Å². The quantitative estimate of drug-likeness (QED) is 0.711. The second kappa shape index (κ2) is 3.15. The number of hydrogen-bond donors (Lipinski definition) is 0. The molecule has 1 aliphatic rings. The number of halogens is 1. The van der Waals surface area contributed by atoms with Gasteiger partial charge in [-0.15, -0.1) is 11.3 Å². The smallest absolute Gasteiger partial charge is 0.00911 e. The predicted octanol–water partition coefficient (Wildman–Crippen LogP) is 3.77. The molecule has 12 heavy (non-hydrogen) atoms. The van der Waals surface area contributed by atoms with Gasteiger partial charge in [0.05, 0.1) is 0 Å². The van der Waals surface area contributed by atoms with Crippen molar-refractivity contribution in [1.29, 1.82) is 0 Å². The summed E-state index contributed by atoms with van der Waals surface area (Å²) in [6, 6.07) is 2.33. The van der Waals surface area contributed by atoms with E-state index in [0.717, 1.165) is 0 Å². The van der Waals surface area contributed by atoms with Crippen molar-refractivity contribution in [3.05, 3.63) is 21.9 Å². The fourth-order valence-corrected chi connectivity index (χ4v) is 3.02. The Kier molecular flexibility index (Phi) is 2.30. The van der Waals surface area contributed by atoms with Gasteiger partial charge in [0.1, 0.15) is 0 Å². The molecular formula is C10H13BrS. The maximum Gasteiger partial charge on any atom is 0.00911 e. The van der Waals surface area contributed by atoms with Crippen LogP contribution in [0.3, 0.4) is 0 Å². The minimum atomic E-state index is 0.632. The van der Waals surface area contributed by atoms with Crippen LogP contribution in [-0.2, 0) is 6.42 Å². The molecule has 0 radical (unpaired) electrons. The summed E-state index contributed by atoms with van der Waals surface area (Å²) in [4.78, 5) is 1.44. The Labute approximate surface area is 86.1 Å². The summed E-state index contributed by atoms with van der Waals surface area (Å²) in [5.41, 5.74) is 2.17. The molecule has 1 fully saturated rings. The molecule has 2 heteroatoms. The zero-order valence-electron chi connectivity index (χ0n) is 7.27. The van der Waals surface area contributed by atoms with Crippen LogP contribution in [-0.4, -0.2) is 5.33 Å². The topological polar surface area (TPSA) is 0 Å². The second-order valence-corrected chi connectivity index (χ2v) is 5.55. The van der Waals surface area contributed by atoms with Crippen molar-refractivity contribution in [3.8, 4) is 0 Å². The van der Waals surface area contributed by atoms with Gasteiger partial charge in [0.2, 0.25) is 0 Å². The Morgan fingerprint density at radius 2 is 2.33 bits per heavy atom. The van der Waals surface area contributed by atoms with Gasteiger partial charge in [-0.3, -0.25) is 0 Å². The summed E-state index contributed by atoms with van der Waals surface area (Å²) in [5.74, 6) is 0. The summed E-state index contributed by atoms with van der Waals surface area (Å²) < 4.78 is 0. The van der Waals surface area contributed by atoms with Crippen LogP contribution in [0.1, 0.15) is 23.3 Å². The van der Waals surface area contributed by atoms with Gasteiger partial charge in [-0.25, -0.2) is 0 Å². The third-order valence-corrected chi connectivity index (χ3v) is 4.70. The molecule has 1 aromatic rings. The fraction of sp³-hybridized carbons (Fsp3) is 0.600. The largest absolute Gasteiger partial charge is 0.149 e. The fourth-order valence-electron chi connectivity index (χ4n) is 1.56. The lowest BCUT2D eigenvalue weighted by Gasteiger charge is -2.08. The molecule has 0 bridgehead atoms. The van der Waals surface area contributed by atoms with E-state index < -0.39 is 0 Å². The van der Waals surface area contributed by atoms with Gasteiger partial charge in [-0.1, -0.05) is 15.9 Å². The summed E-state index contributed by atoms with van der Waals surface area (Å²) in [6.07, 6.45) is 4.10. The molecule has 0 N–H and O–H groups in total. The highest BCUT2D eigenvalue weighted by atomic mass is 79.9. The minimum absolute atomic E-state index is 0.632. The molecule has 1 saturated carbocycles. The van der Waals surface area contributed by atoms with Crippen LogP contribution in [0.5, 0.6) is 0 Å². The Bertz CT molecular complexity index is 273. The molecule has 0 atom stereocenters. The van der Waals surface area contributed by atoms with Gasteiger partial charge in [-0.05, 0) is 48.6 Å². The normalized spacial score (nSPS) is 19.5. The first-order chi connectivity index (χ1) is 5.74. The average molecular weight is 245 g/mol. The number of rotatable bonds is 3. The molecule has 0 nitrogen and oxygen atoms in total. The van der Waals surface area contributed by atoms with Crippen LogP contribution < -0.4 is 0 Å². The van der Waals surface area contributed by atoms with E-state index in [1.54, 1.807) is 0 Å². The Balaban J connectivity index is 2.04. The summed E-state index contributed by atoms with van der Waals surface area (Å²) >= 11 is 5.47. The second-order valence-electron chi connectivity index (χ2n) is 3.88. The van der Waals surface area contributed by atoms with Crippen molar-refractivity contribution in [2.24, 2.45) is 5.41 Å². The maximum atomic E-state index is 3.60. The van der Waals surface area contributed by atoms with Crippen molar-refractivity contribution in [2.75, 3.05) is 5.33 Å². The number of alkyl halides is 1. The molecule has 0 spiro atoms. The van der Waals surface area contributed by atoms with Crippen molar-refractivity contribution in [2.45, 2.75) is 26.2 Å². The van der Waals surface area contributed by atoms with Crippen molar-refractivity contribution < 1.29 is 0 Å². The highest BCUT2D eigenvalue weighted by Gasteiger charge is 2.41. The van der Waals surface area contributed by atoms with E-state index in [2.05, 4.69) is 34.3 Å². The standard InChI is InChI=1S/C10H13BrS/c1-8-4-9(6-12-8)5-10(7-11)2-3-10/h4,6H,2-3,5,7H2,1H3. The highest BCUT2D eigenvalue weighted by molar-refractivity contribution is 9.09. The molecule has 0 amide bonds. The van der Waals surface area contributed by atoms with E-state index in [1.807, 2.05) is 11.3 Å². The third-order valence-electron chi connectivity index (χ3n) is 2.60. The van der Waals surface area contributed by atoms with Gasteiger partial charge in [-0.2, -0.15) is 0 Å². The van der Waals surface area contributed by atoms with E-state index in [-0.39, 0.29) is 0 Å². The lowest BCUT2D eigenvalue weighted by atomic mass is 10.0. The van der Waals surface area contributed by atoms with Crippen LogP contribution >= 0.6 is 27.3 Å². The highest BCUT2D eigenvalue weighted by Crippen LogP contribution is 2.49. The lowest BCUT2D eigenvalue weighted by molar-refractivity contribution is 0.587. The van der Waals surface area contributed by atoms with Crippen LogP contribution in [0.2, 0.25) is 0 Å². The van der Waals surface area contributed by atoms with Crippen molar-refractivity contribution in [3.63, 3.8) is 0 Å². The van der Waals surface area contributed by atoms with Gasteiger partial charge in [0.25, 0.3) is 0 Å². The van der Waals surface area contributed by atoms with Crippen molar-refractivity contribution >= 4 is 27.3 Å². The predicted molar refractivity (Wildman–Crippen MR) is 58.2 cm³/mol. The molecule has 0 unspecified atom stereocenters. The molecular weight excluding hydrogens is 232 g/mol. The zero-order valence-corrected chi connectivity index (χ0v) is 9.67. The molecule has 0 saturated heterocycles. The zero-order chi connectivity index (χ0) is 8.60. The summed E-state index contributed by atoms with van der Waals surface area (Å²) in [6.45, 7) is 2.18. The SMILES string of the molecule is Cc1cc(CC2(CBr)CC2)cs1. The molecule has 1 heterocycles. The number of aryl methyl sites for hydroxylation is 1. The monoisotopic (exact) mass is 244 g/mol. The summed E-state index contributed by atoms with van der Waals surface area (Å²) in [5, 5.41) is 3.48. The molecule has 1 aliphatic carbocycles. The molecule has 1 aromatic heterocycles. The first-order valence-electron chi connectivity index (χ1n) is 4.34. The molecule has 66 valence electrons. The minimum Gasteiger partial charge on any atom is -0.149 e. The molecule has 2 rings (SSSR count). The maximum absolute atomic E-state index is 3.60. The van der Waals surface area contributed by atoms with E-state index in [1.165, 1.54) is 35.0 Å².